The van der Waals surface area contributed by atoms with Crippen molar-refractivity contribution >= 4 is 11.9 Å². The van der Waals surface area contributed by atoms with Gasteiger partial charge in [-0.3, -0.25) is 9.79 Å². The Kier molecular flexibility index (Phi) is 2.66. The number of nitrogens with one attached hydrogen (secondary N) is 1. The van der Waals surface area contributed by atoms with Crippen molar-refractivity contribution in [2.24, 2.45) is 10.4 Å². The number of pyridine rings is 1. The van der Waals surface area contributed by atoms with Crippen molar-refractivity contribution in [3.05, 3.63) is 28.7 Å². The van der Waals surface area contributed by atoms with Crippen LogP contribution in [0.25, 0.3) is 0 Å². The maximum atomic E-state index is 10.7. The molecular weight excluding hydrogens is 164 g/mol. The summed E-state index contributed by atoms with van der Waals surface area (Å²) in [6.45, 7) is 6.21. The van der Waals surface area contributed by atoms with Crippen molar-refractivity contribution in [1.29, 1.82) is 0 Å². The van der Waals surface area contributed by atoms with Crippen molar-refractivity contribution in [1.82, 2.24) is 4.98 Å². The van der Waals surface area contributed by atoms with Gasteiger partial charge in [-0.25, -0.2) is 0 Å². The minimum absolute atomic E-state index is 0.0656. The monoisotopic (exact) mass is 178 g/mol. The Labute approximate surface area is 77.5 Å². The lowest BCUT2D eigenvalue weighted by Crippen LogP contribution is -2.05. The van der Waals surface area contributed by atoms with Crippen LogP contribution in [-0.2, 0) is 0 Å². The molecule has 0 radical (unpaired) electrons. The lowest BCUT2D eigenvalue weighted by atomic mass is 9.99. The van der Waals surface area contributed by atoms with Crippen molar-refractivity contribution in [2.75, 3.05) is 0 Å². The lowest BCUT2D eigenvalue weighted by Gasteiger charge is -2.09. The van der Waals surface area contributed by atoms with Gasteiger partial charge in [-0.15, -0.1) is 0 Å². The van der Waals surface area contributed by atoms with E-state index in [4.69, 9.17) is 0 Å². The van der Waals surface area contributed by atoms with E-state index in [-0.39, 0.29) is 11.0 Å². The Bertz CT molecular complexity index is 337. The van der Waals surface area contributed by atoms with E-state index < -0.39 is 0 Å². The third-order valence-corrected chi connectivity index (χ3v) is 1.37. The molecule has 0 amide bonds. The summed E-state index contributed by atoms with van der Waals surface area (Å²) < 4.78 is 0. The van der Waals surface area contributed by atoms with E-state index in [1.165, 1.54) is 6.07 Å². The van der Waals surface area contributed by atoms with Crippen molar-refractivity contribution in [3.8, 4) is 0 Å². The molecule has 0 unspecified atom stereocenters. The first-order valence-electron chi connectivity index (χ1n) is 4.21. The molecule has 3 heteroatoms. The molecule has 1 N–H and O–H groups in total. The molecule has 0 atom stereocenters. The zero-order valence-corrected chi connectivity index (χ0v) is 8.16. The molecule has 13 heavy (non-hydrogen) atoms. The summed E-state index contributed by atoms with van der Waals surface area (Å²) in [4.78, 5) is 17.5. The van der Waals surface area contributed by atoms with Gasteiger partial charge < -0.3 is 4.98 Å². The van der Waals surface area contributed by atoms with Gasteiger partial charge in [0, 0.05) is 18.5 Å². The summed E-state index contributed by atoms with van der Waals surface area (Å²) in [6.07, 6.45) is 3.46. The maximum Gasteiger partial charge on any atom is 0.248 e. The minimum Gasteiger partial charge on any atom is -0.327 e. The third kappa shape index (κ3) is 3.69. The van der Waals surface area contributed by atoms with E-state index in [2.05, 4.69) is 30.7 Å². The fraction of sp³-hybridized carbons (Fsp3) is 0.400. The molecule has 0 bridgehead atoms. The van der Waals surface area contributed by atoms with E-state index in [1.54, 1.807) is 12.3 Å². The summed E-state index contributed by atoms with van der Waals surface area (Å²) in [5, 5.41) is 0. The standard InChI is InChI=1S/C10H14N2O/c1-10(2,3)7-12-8-4-5-9(13)11-6-8/h4-7H,1-3H3,(H,11,13). The minimum atomic E-state index is -0.102. The summed E-state index contributed by atoms with van der Waals surface area (Å²) >= 11 is 0. The van der Waals surface area contributed by atoms with Crippen LogP contribution in [0.4, 0.5) is 5.69 Å². The molecule has 0 spiro atoms. The first kappa shape index (κ1) is 9.71. The number of aromatic nitrogens is 1. The molecule has 0 aliphatic carbocycles. The largest absolute Gasteiger partial charge is 0.327 e. The van der Waals surface area contributed by atoms with E-state index in [9.17, 15) is 4.79 Å². The summed E-state index contributed by atoms with van der Waals surface area (Å²) in [5.41, 5.74) is 0.736. The Morgan fingerprint density at radius 3 is 2.54 bits per heavy atom. The van der Waals surface area contributed by atoms with E-state index in [0.717, 1.165) is 5.69 Å². The van der Waals surface area contributed by atoms with Gasteiger partial charge in [0.05, 0.1) is 5.69 Å². The molecule has 1 aromatic rings. The SMILES string of the molecule is CC(C)(C)C=Nc1ccc(=O)[nH]c1. The Morgan fingerprint density at radius 1 is 1.38 bits per heavy atom. The van der Waals surface area contributed by atoms with Crippen LogP contribution in [0.1, 0.15) is 20.8 Å². The van der Waals surface area contributed by atoms with Crippen molar-refractivity contribution in [2.45, 2.75) is 20.8 Å². The molecule has 1 heterocycles. The van der Waals surface area contributed by atoms with Crippen molar-refractivity contribution < 1.29 is 0 Å². The zero-order chi connectivity index (χ0) is 9.90. The number of hydrogen-bond donors (Lipinski definition) is 1. The highest BCUT2D eigenvalue weighted by molar-refractivity contribution is 5.68. The van der Waals surface area contributed by atoms with Gasteiger partial charge in [-0.05, 0) is 11.5 Å². The highest BCUT2D eigenvalue weighted by atomic mass is 16.1. The maximum absolute atomic E-state index is 10.7. The molecule has 0 saturated heterocycles. The van der Waals surface area contributed by atoms with Gasteiger partial charge in [-0.1, -0.05) is 20.8 Å². The summed E-state index contributed by atoms with van der Waals surface area (Å²) in [6, 6.07) is 3.16. The van der Waals surface area contributed by atoms with Gasteiger partial charge in [0.25, 0.3) is 0 Å². The van der Waals surface area contributed by atoms with Gasteiger partial charge in [0.2, 0.25) is 5.56 Å². The predicted molar refractivity (Wildman–Crippen MR) is 54.7 cm³/mol. The number of hydrogen-bond acceptors (Lipinski definition) is 2. The molecule has 1 rings (SSSR count). The molecule has 3 nitrogen and oxygen atoms in total. The number of aliphatic imine (C=N–C) groups is 1. The highest BCUT2D eigenvalue weighted by Crippen LogP contribution is 2.12. The van der Waals surface area contributed by atoms with Crippen LogP contribution in [0.15, 0.2) is 28.1 Å². The van der Waals surface area contributed by atoms with Crippen LogP contribution in [0.2, 0.25) is 0 Å². The van der Waals surface area contributed by atoms with E-state index >= 15 is 0 Å². The molecule has 0 aliphatic heterocycles. The summed E-state index contributed by atoms with van der Waals surface area (Å²) in [5.74, 6) is 0. The van der Waals surface area contributed by atoms with Crippen LogP contribution < -0.4 is 5.56 Å². The molecule has 70 valence electrons. The molecule has 0 aliphatic rings. The van der Waals surface area contributed by atoms with Gasteiger partial charge in [0.1, 0.15) is 0 Å². The summed E-state index contributed by atoms with van der Waals surface area (Å²) in [7, 11) is 0. The molecule has 0 fully saturated rings. The van der Waals surface area contributed by atoms with E-state index in [0.29, 0.717) is 0 Å². The number of nitrogens with zero attached hydrogens (tertiary/aromatic N) is 1. The lowest BCUT2D eigenvalue weighted by molar-refractivity contribution is 0.607. The van der Waals surface area contributed by atoms with Crippen LogP contribution in [-0.4, -0.2) is 11.2 Å². The molecule has 1 aromatic heterocycles. The smallest absolute Gasteiger partial charge is 0.248 e. The normalized spacial score (nSPS) is 12.2. The van der Waals surface area contributed by atoms with Crippen LogP contribution in [0.5, 0.6) is 0 Å². The number of H-pyrrole nitrogens is 1. The Morgan fingerprint density at radius 2 is 2.08 bits per heavy atom. The quantitative estimate of drug-likeness (QED) is 0.658. The van der Waals surface area contributed by atoms with Crippen LogP contribution in [0, 0.1) is 5.41 Å². The van der Waals surface area contributed by atoms with Gasteiger partial charge in [0.15, 0.2) is 0 Å². The first-order chi connectivity index (χ1) is 5.97. The van der Waals surface area contributed by atoms with Crippen molar-refractivity contribution in [3.63, 3.8) is 0 Å². The second-order valence-electron chi connectivity index (χ2n) is 4.04. The number of aromatic amines is 1. The fourth-order valence-corrected chi connectivity index (χ4v) is 0.751. The zero-order valence-electron chi connectivity index (χ0n) is 8.16. The second-order valence-corrected chi connectivity index (χ2v) is 4.04. The highest BCUT2D eigenvalue weighted by Gasteiger charge is 2.04. The topological polar surface area (TPSA) is 45.2 Å². The van der Waals surface area contributed by atoms with Crippen LogP contribution >= 0.6 is 0 Å². The van der Waals surface area contributed by atoms with E-state index in [1.807, 2.05) is 6.21 Å². The number of rotatable bonds is 1. The Hall–Kier alpha value is -1.38. The molecule has 0 saturated carbocycles. The van der Waals surface area contributed by atoms with Gasteiger partial charge in [-0.2, -0.15) is 0 Å². The first-order valence-corrected chi connectivity index (χ1v) is 4.21. The Balaban J connectivity index is 2.81. The third-order valence-electron chi connectivity index (χ3n) is 1.37. The van der Waals surface area contributed by atoms with Gasteiger partial charge >= 0.3 is 0 Å². The van der Waals surface area contributed by atoms with Crippen LogP contribution in [0.3, 0.4) is 0 Å². The average Bonchev–Trinajstić information content (AvgIpc) is 2.02. The molecular formula is C10H14N2O. The fourth-order valence-electron chi connectivity index (χ4n) is 0.751. The predicted octanol–water partition coefficient (Wildman–Crippen LogP) is 2.12. The second kappa shape index (κ2) is 3.56. The average molecular weight is 178 g/mol. The molecule has 0 aromatic carbocycles.